The van der Waals surface area contributed by atoms with E-state index in [0.717, 1.165) is 5.75 Å². The lowest BCUT2D eigenvalue weighted by Gasteiger charge is -2.32. The molecule has 1 amide bonds. The first kappa shape index (κ1) is 15.1. The predicted octanol–water partition coefficient (Wildman–Crippen LogP) is 0.634. The van der Waals surface area contributed by atoms with Crippen LogP contribution in [0.3, 0.4) is 0 Å². The molecule has 110 valence electrons. The minimum atomic E-state index is -3.73. The fourth-order valence-electron chi connectivity index (χ4n) is 1.97. The van der Waals surface area contributed by atoms with Crippen molar-refractivity contribution >= 4 is 27.7 Å². The van der Waals surface area contributed by atoms with Gasteiger partial charge in [0.2, 0.25) is 15.9 Å². The lowest BCUT2D eigenvalue weighted by molar-refractivity contribution is -0.119. The number of nitrogens with two attached hydrogens (primary N) is 1. The number of hydrogen-bond acceptors (Lipinski definition) is 5. The Morgan fingerprint density at radius 3 is 2.60 bits per heavy atom. The van der Waals surface area contributed by atoms with Crippen molar-refractivity contribution in [3.05, 3.63) is 24.3 Å². The summed E-state index contributed by atoms with van der Waals surface area (Å²) in [4.78, 5) is 11.5. The molecule has 1 saturated heterocycles. The van der Waals surface area contributed by atoms with Crippen LogP contribution in [0.2, 0.25) is 0 Å². The fraction of sp³-hybridized carbons (Fsp3) is 0.417. The number of sulfonamides is 1. The van der Waals surface area contributed by atoms with Crippen LogP contribution in [0, 0.1) is 0 Å². The number of carbonyl (C=O) groups is 1. The summed E-state index contributed by atoms with van der Waals surface area (Å²) in [5.41, 5.74) is 5.29. The van der Waals surface area contributed by atoms with Crippen LogP contribution in [0.25, 0.3) is 0 Å². The number of ether oxygens (including phenoxy) is 1. The zero-order valence-corrected chi connectivity index (χ0v) is 12.6. The molecule has 1 aromatic carbocycles. The van der Waals surface area contributed by atoms with Gasteiger partial charge in [-0.05, 0) is 36.4 Å². The van der Waals surface area contributed by atoms with Crippen molar-refractivity contribution in [1.82, 2.24) is 4.31 Å². The maximum absolute atomic E-state index is 12.6. The topological polar surface area (TPSA) is 89.7 Å². The highest BCUT2D eigenvalue weighted by molar-refractivity contribution is 8.01. The van der Waals surface area contributed by atoms with Crippen LogP contribution in [0.15, 0.2) is 29.2 Å². The van der Waals surface area contributed by atoms with Gasteiger partial charge in [-0.15, -0.1) is 11.8 Å². The highest BCUT2D eigenvalue weighted by Crippen LogP contribution is 2.29. The highest BCUT2D eigenvalue weighted by Gasteiger charge is 2.37. The van der Waals surface area contributed by atoms with Gasteiger partial charge < -0.3 is 10.5 Å². The normalized spacial score (nSPS) is 20.6. The second kappa shape index (κ2) is 6.02. The van der Waals surface area contributed by atoms with Crippen LogP contribution in [-0.4, -0.2) is 43.4 Å². The van der Waals surface area contributed by atoms with Crippen molar-refractivity contribution in [2.45, 2.75) is 16.7 Å². The Bertz CT molecular complexity index is 586. The van der Waals surface area contributed by atoms with Crippen molar-refractivity contribution in [2.75, 3.05) is 19.4 Å². The standard InChI is InChI=1S/C12H16N2O4S2/c1-18-9-3-5-10(6-4-9)20(16,17)14-7-2-8-19-12(14)11(13)15/h3-6,12H,2,7-8H2,1H3,(H2,13,15)/t12-/m1/s1. The number of primary amides is 1. The summed E-state index contributed by atoms with van der Waals surface area (Å²) >= 11 is 1.26. The van der Waals surface area contributed by atoms with E-state index in [-0.39, 0.29) is 4.90 Å². The van der Waals surface area contributed by atoms with Crippen LogP contribution in [-0.2, 0) is 14.8 Å². The van der Waals surface area contributed by atoms with Crippen LogP contribution >= 0.6 is 11.8 Å². The minimum absolute atomic E-state index is 0.132. The molecule has 0 spiro atoms. The number of nitrogens with zero attached hydrogens (tertiary/aromatic N) is 1. The number of hydrogen-bond donors (Lipinski definition) is 1. The molecule has 1 aliphatic heterocycles. The SMILES string of the molecule is COc1ccc(S(=O)(=O)N2CCCS[C@@H]2C(N)=O)cc1. The van der Waals surface area contributed by atoms with E-state index in [0.29, 0.717) is 18.7 Å². The van der Waals surface area contributed by atoms with E-state index in [2.05, 4.69) is 0 Å². The molecule has 0 unspecified atom stereocenters. The van der Waals surface area contributed by atoms with E-state index in [1.165, 1.54) is 35.3 Å². The molecule has 2 N–H and O–H groups in total. The number of benzene rings is 1. The summed E-state index contributed by atoms with van der Waals surface area (Å²) in [6, 6.07) is 6.07. The maximum Gasteiger partial charge on any atom is 0.246 e. The van der Waals surface area contributed by atoms with Gasteiger partial charge in [0.05, 0.1) is 12.0 Å². The monoisotopic (exact) mass is 316 g/mol. The average Bonchev–Trinajstić information content (AvgIpc) is 2.47. The lowest BCUT2D eigenvalue weighted by atomic mass is 10.3. The third kappa shape index (κ3) is 2.92. The van der Waals surface area contributed by atoms with Crippen molar-refractivity contribution in [2.24, 2.45) is 5.73 Å². The molecule has 1 heterocycles. The van der Waals surface area contributed by atoms with Crippen molar-refractivity contribution < 1.29 is 17.9 Å². The van der Waals surface area contributed by atoms with E-state index in [1.807, 2.05) is 0 Å². The molecule has 1 atom stereocenters. The second-order valence-corrected chi connectivity index (χ2v) is 7.35. The summed E-state index contributed by atoms with van der Waals surface area (Å²) in [6.45, 7) is 0.301. The summed E-state index contributed by atoms with van der Waals surface area (Å²) in [6.07, 6.45) is 0.698. The van der Waals surface area contributed by atoms with Gasteiger partial charge >= 0.3 is 0 Å². The average molecular weight is 316 g/mol. The van der Waals surface area contributed by atoms with Crippen LogP contribution in [0.1, 0.15) is 6.42 Å². The third-order valence-corrected chi connectivity index (χ3v) is 6.31. The number of rotatable bonds is 4. The summed E-state index contributed by atoms with van der Waals surface area (Å²) < 4.78 is 31.3. The molecule has 0 aliphatic carbocycles. The van der Waals surface area contributed by atoms with Gasteiger partial charge in [-0.2, -0.15) is 4.31 Å². The molecular weight excluding hydrogens is 300 g/mol. The lowest BCUT2D eigenvalue weighted by Crippen LogP contribution is -2.48. The van der Waals surface area contributed by atoms with Gasteiger partial charge in [-0.25, -0.2) is 8.42 Å². The van der Waals surface area contributed by atoms with Crippen molar-refractivity contribution in [3.63, 3.8) is 0 Å². The van der Waals surface area contributed by atoms with E-state index in [1.54, 1.807) is 12.1 Å². The zero-order valence-electron chi connectivity index (χ0n) is 11.0. The molecule has 1 fully saturated rings. The van der Waals surface area contributed by atoms with E-state index < -0.39 is 21.3 Å². The van der Waals surface area contributed by atoms with Crippen LogP contribution in [0.4, 0.5) is 0 Å². The molecule has 0 bridgehead atoms. The molecular formula is C12H16N2O4S2. The van der Waals surface area contributed by atoms with Gasteiger partial charge in [0.15, 0.2) is 0 Å². The number of thioether (sulfide) groups is 1. The minimum Gasteiger partial charge on any atom is -0.497 e. The van der Waals surface area contributed by atoms with Gasteiger partial charge in [-0.3, -0.25) is 4.79 Å². The Morgan fingerprint density at radius 1 is 1.40 bits per heavy atom. The largest absolute Gasteiger partial charge is 0.497 e. The van der Waals surface area contributed by atoms with Gasteiger partial charge in [0.25, 0.3) is 0 Å². The van der Waals surface area contributed by atoms with E-state index in [9.17, 15) is 13.2 Å². The highest BCUT2D eigenvalue weighted by atomic mass is 32.2. The smallest absolute Gasteiger partial charge is 0.246 e. The fourth-order valence-corrected chi connectivity index (χ4v) is 4.92. The molecule has 1 aromatic rings. The van der Waals surface area contributed by atoms with E-state index in [4.69, 9.17) is 10.5 Å². The van der Waals surface area contributed by atoms with Gasteiger partial charge in [0, 0.05) is 6.54 Å². The Balaban J connectivity index is 2.34. The molecule has 2 rings (SSSR count). The quantitative estimate of drug-likeness (QED) is 0.880. The maximum atomic E-state index is 12.6. The van der Waals surface area contributed by atoms with Crippen molar-refractivity contribution in [1.29, 1.82) is 0 Å². The Morgan fingerprint density at radius 2 is 2.05 bits per heavy atom. The second-order valence-electron chi connectivity index (χ2n) is 4.27. The molecule has 8 heteroatoms. The first-order valence-electron chi connectivity index (χ1n) is 6.03. The molecule has 0 saturated carbocycles. The first-order chi connectivity index (χ1) is 9.46. The molecule has 0 radical (unpaired) electrons. The summed E-state index contributed by atoms with van der Waals surface area (Å²) in [5.74, 6) is 0.664. The number of carbonyl (C=O) groups excluding carboxylic acids is 1. The summed E-state index contributed by atoms with van der Waals surface area (Å²) in [5, 5.41) is -0.837. The van der Waals surface area contributed by atoms with Gasteiger partial charge in [-0.1, -0.05) is 0 Å². The zero-order chi connectivity index (χ0) is 14.8. The van der Waals surface area contributed by atoms with Crippen LogP contribution < -0.4 is 10.5 Å². The van der Waals surface area contributed by atoms with Crippen LogP contribution in [0.5, 0.6) is 5.75 Å². The predicted molar refractivity (Wildman–Crippen MR) is 76.9 cm³/mol. The molecule has 1 aliphatic rings. The molecule has 20 heavy (non-hydrogen) atoms. The van der Waals surface area contributed by atoms with E-state index >= 15 is 0 Å². The van der Waals surface area contributed by atoms with Crippen molar-refractivity contribution in [3.8, 4) is 5.75 Å². The summed E-state index contributed by atoms with van der Waals surface area (Å²) in [7, 11) is -2.22. The molecule has 0 aromatic heterocycles. The first-order valence-corrected chi connectivity index (χ1v) is 8.52. The van der Waals surface area contributed by atoms with Gasteiger partial charge in [0.1, 0.15) is 11.1 Å². The number of methoxy groups -OCH3 is 1. The molecule has 6 nitrogen and oxygen atoms in total. The Labute approximate surface area is 122 Å². The Kier molecular flexibility index (Phi) is 4.56. The Hall–Kier alpha value is -1.25. The third-order valence-electron chi connectivity index (χ3n) is 2.97. The number of amides is 1.